The van der Waals surface area contributed by atoms with Gasteiger partial charge in [0, 0.05) is 27.7 Å². The largest absolute Gasteiger partial charge is 0.387 e. The molecular weight excluding hydrogens is 243 g/mol. The van der Waals surface area contributed by atoms with E-state index in [1.54, 1.807) is 24.4 Å². The summed E-state index contributed by atoms with van der Waals surface area (Å²) >= 11 is 12.0. The van der Waals surface area contributed by atoms with Crippen LogP contribution in [0.3, 0.4) is 0 Å². The van der Waals surface area contributed by atoms with Crippen molar-refractivity contribution >= 4 is 35.1 Å². The molecule has 1 aliphatic carbocycles. The number of hydrogen-bond donors (Lipinski definition) is 1. The zero-order valence-corrected chi connectivity index (χ0v) is 10.2. The zero-order chi connectivity index (χ0) is 11.5. The van der Waals surface area contributed by atoms with Crippen LogP contribution in [0, 0.1) is 5.92 Å². The third-order valence-electron chi connectivity index (χ3n) is 2.46. The van der Waals surface area contributed by atoms with E-state index in [2.05, 4.69) is 4.99 Å². The van der Waals surface area contributed by atoms with Gasteiger partial charge in [0.15, 0.2) is 0 Å². The smallest absolute Gasteiger partial charge is 0.102 e. The Morgan fingerprint density at radius 1 is 1.31 bits per heavy atom. The van der Waals surface area contributed by atoms with Crippen molar-refractivity contribution in [2.24, 2.45) is 16.6 Å². The summed E-state index contributed by atoms with van der Waals surface area (Å²) in [4.78, 5) is 4.16. The molecule has 84 valence electrons. The van der Waals surface area contributed by atoms with Crippen molar-refractivity contribution in [1.82, 2.24) is 0 Å². The Hall–Kier alpha value is -0.990. The van der Waals surface area contributed by atoms with E-state index < -0.39 is 0 Å². The molecule has 1 saturated carbocycles. The minimum atomic E-state index is 0.478. The molecule has 1 aromatic carbocycles. The van der Waals surface area contributed by atoms with Crippen LogP contribution in [0.15, 0.2) is 29.4 Å². The third-order valence-corrected chi connectivity index (χ3v) is 3.12. The molecule has 1 aromatic rings. The van der Waals surface area contributed by atoms with Crippen molar-refractivity contribution in [3.8, 4) is 0 Å². The molecule has 16 heavy (non-hydrogen) atoms. The van der Waals surface area contributed by atoms with Crippen LogP contribution in [-0.2, 0) is 0 Å². The topological polar surface area (TPSA) is 38.4 Å². The second kappa shape index (κ2) is 4.89. The molecular formula is C12H12Cl2N2. The van der Waals surface area contributed by atoms with E-state index in [1.807, 2.05) is 6.07 Å². The lowest BCUT2D eigenvalue weighted by Gasteiger charge is -1.99. The third kappa shape index (κ3) is 2.77. The minimum Gasteiger partial charge on any atom is -0.387 e. The first-order valence-electron chi connectivity index (χ1n) is 5.12. The molecule has 0 spiro atoms. The van der Waals surface area contributed by atoms with Gasteiger partial charge in [0.1, 0.15) is 5.84 Å². The maximum atomic E-state index is 6.00. The molecule has 0 amide bonds. The van der Waals surface area contributed by atoms with Crippen LogP contribution >= 0.6 is 23.2 Å². The lowest BCUT2D eigenvalue weighted by atomic mass is 10.2. The van der Waals surface area contributed by atoms with Crippen molar-refractivity contribution in [1.29, 1.82) is 0 Å². The lowest BCUT2D eigenvalue weighted by molar-refractivity contribution is 1.15. The van der Waals surface area contributed by atoms with Gasteiger partial charge in [-0.1, -0.05) is 29.3 Å². The first kappa shape index (κ1) is 11.5. The van der Waals surface area contributed by atoms with Crippen LogP contribution in [0.2, 0.25) is 10.0 Å². The first-order valence-corrected chi connectivity index (χ1v) is 5.88. The number of rotatable bonds is 3. The average Bonchev–Trinajstić information content (AvgIpc) is 3.05. The van der Waals surface area contributed by atoms with E-state index in [4.69, 9.17) is 28.9 Å². The molecule has 4 heteroatoms. The molecule has 0 bridgehead atoms. The quantitative estimate of drug-likeness (QED) is 0.648. The zero-order valence-electron chi connectivity index (χ0n) is 8.66. The van der Waals surface area contributed by atoms with Crippen LogP contribution in [0.5, 0.6) is 0 Å². The summed E-state index contributed by atoms with van der Waals surface area (Å²) in [6.07, 6.45) is 5.73. The monoisotopic (exact) mass is 254 g/mol. The fraction of sp³-hybridized carbons (Fsp3) is 0.250. The Kier molecular flexibility index (Phi) is 3.52. The van der Waals surface area contributed by atoms with E-state index in [9.17, 15) is 0 Å². The lowest BCUT2D eigenvalue weighted by Crippen LogP contribution is -2.12. The van der Waals surface area contributed by atoms with E-state index in [0.717, 1.165) is 18.4 Å². The van der Waals surface area contributed by atoms with Crippen LogP contribution in [0.4, 0.5) is 0 Å². The Morgan fingerprint density at radius 3 is 2.50 bits per heavy atom. The van der Waals surface area contributed by atoms with Crippen LogP contribution in [0.25, 0.3) is 6.08 Å². The maximum absolute atomic E-state index is 6.00. The Bertz CT molecular complexity index is 428. The van der Waals surface area contributed by atoms with Gasteiger partial charge in [-0.3, -0.25) is 0 Å². The number of hydrogen-bond acceptors (Lipinski definition) is 1. The second-order valence-electron chi connectivity index (χ2n) is 3.78. The Morgan fingerprint density at radius 2 is 1.94 bits per heavy atom. The van der Waals surface area contributed by atoms with Crippen LogP contribution in [-0.4, -0.2) is 5.84 Å². The van der Waals surface area contributed by atoms with E-state index in [0.29, 0.717) is 21.8 Å². The Balaban J connectivity index is 2.13. The number of halogens is 2. The van der Waals surface area contributed by atoms with Crippen molar-refractivity contribution in [3.63, 3.8) is 0 Å². The van der Waals surface area contributed by atoms with Gasteiger partial charge in [0.05, 0.1) is 0 Å². The highest BCUT2D eigenvalue weighted by Gasteiger charge is 2.24. The number of nitrogens with two attached hydrogens (primary N) is 1. The fourth-order valence-electron chi connectivity index (χ4n) is 1.35. The molecule has 0 aliphatic heterocycles. The molecule has 2 N–H and O–H groups in total. The molecule has 0 atom stereocenters. The number of benzene rings is 1. The summed E-state index contributed by atoms with van der Waals surface area (Å²) in [5.41, 5.74) is 6.53. The van der Waals surface area contributed by atoms with E-state index in [1.165, 1.54) is 0 Å². The molecule has 2 nitrogen and oxygen atoms in total. The van der Waals surface area contributed by atoms with Gasteiger partial charge >= 0.3 is 0 Å². The van der Waals surface area contributed by atoms with Gasteiger partial charge in [-0.15, -0.1) is 0 Å². The fourth-order valence-corrected chi connectivity index (χ4v) is 1.88. The summed E-state index contributed by atoms with van der Waals surface area (Å²) in [6.45, 7) is 0. The van der Waals surface area contributed by atoms with Gasteiger partial charge in [0.2, 0.25) is 0 Å². The molecule has 2 rings (SSSR count). The Labute approximate surface area is 105 Å². The number of nitrogens with zero attached hydrogens (tertiary/aromatic N) is 1. The highest BCUT2D eigenvalue weighted by Crippen LogP contribution is 2.29. The van der Waals surface area contributed by atoms with Gasteiger partial charge in [0.25, 0.3) is 0 Å². The van der Waals surface area contributed by atoms with Crippen LogP contribution in [0.1, 0.15) is 18.4 Å². The molecule has 0 heterocycles. The SMILES string of the molecule is NC(=N/C=C/c1c(Cl)cccc1Cl)C1CC1. The normalized spacial score (nSPS) is 17.0. The summed E-state index contributed by atoms with van der Waals surface area (Å²) < 4.78 is 0. The molecule has 0 saturated heterocycles. The molecule has 0 radical (unpaired) electrons. The van der Waals surface area contributed by atoms with Crippen molar-refractivity contribution in [3.05, 3.63) is 40.0 Å². The molecule has 1 aliphatic rings. The standard InChI is InChI=1S/C12H12Cl2N2/c13-10-2-1-3-11(14)9(10)6-7-16-12(15)8-4-5-8/h1-3,6-8H,4-5H2,(H2,15,16)/b7-6+. The van der Waals surface area contributed by atoms with Gasteiger partial charge in [-0.2, -0.15) is 0 Å². The van der Waals surface area contributed by atoms with Crippen molar-refractivity contribution in [2.75, 3.05) is 0 Å². The minimum absolute atomic E-state index is 0.478. The summed E-state index contributed by atoms with van der Waals surface area (Å²) in [6, 6.07) is 5.39. The molecule has 0 aromatic heterocycles. The highest BCUT2D eigenvalue weighted by molar-refractivity contribution is 6.37. The maximum Gasteiger partial charge on any atom is 0.102 e. The van der Waals surface area contributed by atoms with Crippen LogP contribution < -0.4 is 5.73 Å². The van der Waals surface area contributed by atoms with Crippen molar-refractivity contribution < 1.29 is 0 Å². The van der Waals surface area contributed by atoms with Gasteiger partial charge in [-0.25, -0.2) is 4.99 Å². The summed E-state index contributed by atoms with van der Waals surface area (Å²) in [7, 11) is 0. The predicted octanol–water partition coefficient (Wildman–Crippen LogP) is 3.73. The highest BCUT2D eigenvalue weighted by atomic mass is 35.5. The predicted molar refractivity (Wildman–Crippen MR) is 69.8 cm³/mol. The van der Waals surface area contributed by atoms with Gasteiger partial charge in [-0.05, 0) is 31.1 Å². The van der Waals surface area contributed by atoms with E-state index in [-0.39, 0.29) is 0 Å². The molecule has 0 unspecified atom stereocenters. The average molecular weight is 255 g/mol. The van der Waals surface area contributed by atoms with Gasteiger partial charge < -0.3 is 5.73 Å². The number of amidine groups is 1. The second-order valence-corrected chi connectivity index (χ2v) is 4.59. The summed E-state index contributed by atoms with van der Waals surface area (Å²) in [5.74, 6) is 1.17. The number of aliphatic imine (C=N–C) groups is 1. The molecule has 1 fully saturated rings. The first-order chi connectivity index (χ1) is 7.68. The summed E-state index contributed by atoms with van der Waals surface area (Å²) in [5, 5.41) is 1.23. The van der Waals surface area contributed by atoms with E-state index >= 15 is 0 Å². The van der Waals surface area contributed by atoms with Crippen molar-refractivity contribution in [2.45, 2.75) is 12.8 Å².